The van der Waals surface area contributed by atoms with Crippen molar-refractivity contribution in [2.24, 2.45) is 5.73 Å². The molecule has 12 heteroatoms. The minimum atomic E-state index is -0.612. The van der Waals surface area contributed by atoms with Crippen molar-refractivity contribution >= 4 is 46.4 Å². The fraction of sp³-hybridized carbons (Fsp3) is 0.107. The average molecular weight is 576 g/mol. The predicted molar refractivity (Wildman–Crippen MR) is 151 cm³/mol. The third-order valence-electron chi connectivity index (χ3n) is 6.20. The monoisotopic (exact) mass is 575 g/mol. The van der Waals surface area contributed by atoms with Gasteiger partial charge in [0.05, 0.1) is 34.8 Å². The van der Waals surface area contributed by atoms with Gasteiger partial charge in [-0.2, -0.15) is 9.78 Å². The first-order valence-electron chi connectivity index (χ1n) is 12.0. The van der Waals surface area contributed by atoms with Crippen LogP contribution in [0.2, 0.25) is 4.34 Å². The van der Waals surface area contributed by atoms with E-state index in [1.165, 1.54) is 58.8 Å². The van der Waals surface area contributed by atoms with Crippen molar-refractivity contribution in [2.45, 2.75) is 20.0 Å². The fourth-order valence-corrected chi connectivity index (χ4v) is 5.06. The number of ketones is 1. The molecule has 0 unspecified atom stereocenters. The third-order valence-corrected chi connectivity index (χ3v) is 7.44. The first-order valence-corrected chi connectivity index (χ1v) is 13.2. The predicted octanol–water partition coefficient (Wildman–Crippen LogP) is 4.61. The maximum atomic E-state index is 13.5. The number of hydrogen-bond acceptors (Lipinski definition) is 8. The minimum Gasteiger partial charge on any atom is -0.472 e. The lowest BCUT2D eigenvalue weighted by atomic mass is 10.1. The van der Waals surface area contributed by atoms with E-state index in [0.29, 0.717) is 28.0 Å². The van der Waals surface area contributed by atoms with Crippen LogP contribution >= 0.6 is 22.9 Å². The summed E-state index contributed by atoms with van der Waals surface area (Å²) in [4.78, 5) is 52.1. The summed E-state index contributed by atoms with van der Waals surface area (Å²) < 4.78 is 8.13. The molecule has 1 amide bonds. The number of benzene rings is 1. The van der Waals surface area contributed by atoms with E-state index in [2.05, 4.69) is 10.4 Å². The number of Topliss-reactive ketones (excluding diaryl/α,β-unsaturated/α-hetero) is 1. The number of amides is 1. The number of carbonyl (C=O) groups is 3. The van der Waals surface area contributed by atoms with Crippen LogP contribution in [-0.2, 0) is 13.1 Å². The number of thiophene rings is 1. The molecule has 5 rings (SSSR count). The molecule has 40 heavy (non-hydrogen) atoms. The Labute approximate surface area is 236 Å². The van der Waals surface area contributed by atoms with Gasteiger partial charge in [0.2, 0.25) is 5.91 Å². The quantitative estimate of drug-likeness (QED) is 0.244. The van der Waals surface area contributed by atoms with E-state index in [-0.39, 0.29) is 34.7 Å². The zero-order valence-corrected chi connectivity index (χ0v) is 22.7. The standard InChI is InChI=1S/C28H22ClN5O5S/c1-16-2-8-21(28(38)33(16)14-23(35)19-10-11-39-15-19)22-12-25(31-13-20-7-9-24(29)40-20)34(32-22)27(37)18-5-3-17(4-6-18)26(30)36/h2-12,15,31H,13-14H2,1H3,(H2,30,36). The Hall–Kier alpha value is -4.74. The van der Waals surface area contributed by atoms with E-state index in [1.54, 1.807) is 31.2 Å². The van der Waals surface area contributed by atoms with Crippen LogP contribution in [0, 0.1) is 6.92 Å². The Morgan fingerprint density at radius 3 is 2.42 bits per heavy atom. The van der Waals surface area contributed by atoms with Crippen molar-refractivity contribution < 1.29 is 18.8 Å². The smallest absolute Gasteiger partial charge is 0.280 e. The highest BCUT2D eigenvalue weighted by molar-refractivity contribution is 7.16. The minimum absolute atomic E-state index is 0.186. The van der Waals surface area contributed by atoms with E-state index < -0.39 is 17.4 Å². The molecule has 202 valence electrons. The average Bonchev–Trinajstić information content (AvgIpc) is 3.71. The fourth-order valence-electron chi connectivity index (χ4n) is 4.04. The van der Waals surface area contributed by atoms with Crippen molar-refractivity contribution in [1.29, 1.82) is 0 Å². The number of aryl methyl sites for hydroxylation is 1. The normalized spacial score (nSPS) is 10.9. The first-order chi connectivity index (χ1) is 19.2. The molecule has 0 aliphatic carbocycles. The lowest BCUT2D eigenvalue weighted by molar-refractivity contribution is 0.0944. The van der Waals surface area contributed by atoms with Gasteiger partial charge in [0.25, 0.3) is 11.5 Å². The summed E-state index contributed by atoms with van der Waals surface area (Å²) >= 11 is 7.44. The molecule has 0 radical (unpaired) electrons. The molecule has 3 N–H and O–H groups in total. The molecule has 0 saturated carbocycles. The molecule has 4 aromatic heterocycles. The van der Waals surface area contributed by atoms with Gasteiger partial charge in [0.15, 0.2) is 5.78 Å². The topological polar surface area (TPSA) is 142 Å². The largest absolute Gasteiger partial charge is 0.472 e. The zero-order valence-electron chi connectivity index (χ0n) is 21.1. The summed E-state index contributed by atoms with van der Waals surface area (Å²) in [5, 5.41) is 7.66. The van der Waals surface area contributed by atoms with Crippen molar-refractivity contribution in [1.82, 2.24) is 14.3 Å². The van der Waals surface area contributed by atoms with Gasteiger partial charge in [-0.15, -0.1) is 11.3 Å². The second-order valence-electron chi connectivity index (χ2n) is 8.85. The van der Waals surface area contributed by atoms with Gasteiger partial charge in [-0.25, -0.2) is 0 Å². The van der Waals surface area contributed by atoms with Crippen LogP contribution in [0.15, 0.2) is 82.4 Å². The SMILES string of the molecule is Cc1ccc(-c2cc(NCc3ccc(Cl)s3)n(C(=O)c3ccc(C(N)=O)cc3)n2)c(=O)n1CC(=O)c1ccoc1. The summed E-state index contributed by atoms with van der Waals surface area (Å²) in [6.07, 6.45) is 2.72. The molecule has 1 aromatic carbocycles. The highest BCUT2D eigenvalue weighted by atomic mass is 35.5. The summed E-state index contributed by atoms with van der Waals surface area (Å²) in [7, 11) is 0. The lowest BCUT2D eigenvalue weighted by Crippen LogP contribution is -2.27. The van der Waals surface area contributed by atoms with E-state index in [4.69, 9.17) is 21.8 Å². The van der Waals surface area contributed by atoms with Crippen molar-refractivity contribution in [3.05, 3.63) is 115 Å². The van der Waals surface area contributed by atoms with E-state index in [9.17, 15) is 19.2 Å². The molecule has 0 aliphatic heterocycles. The molecule has 0 fully saturated rings. The molecule has 0 aliphatic rings. The molecule has 0 atom stereocenters. The van der Waals surface area contributed by atoms with Gasteiger partial charge in [-0.05, 0) is 61.5 Å². The lowest BCUT2D eigenvalue weighted by Gasteiger charge is -2.10. The highest BCUT2D eigenvalue weighted by Gasteiger charge is 2.21. The van der Waals surface area contributed by atoms with E-state index >= 15 is 0 Å². The van der Waals surface area contributed by atoms with Crippen molar-refractivity contribution in [3.63, 3.8) is 0 Å². The number of nitrogens with zero attached hydrogens (tertiary/aromatic N) is 3. The van der Waals surface area contributed by atoms with Crippen LogP contribution in [0.4, 0.5) is 5.82 Å². The van der Waals surface area contributed by atoms with Gasteiger partial charge >= 0.3 is 0 Å². The number of halogens is 1. The summed E-state index contributed by atoms with van der Waals surface area (Å²) in [5.74, 6) is -1.05. The van der Waals surface area contributed by atoms with Crippen LogP contribution < -0.4 is 16.6 Å². The number of rotatable bonds is 9. The summed E-state index contributed by atoms with van der Waals surface area (Å²) in [6, 6.07) is 16.0. The Morgan fingerprint density at radius 2 is 1.77 bits per heavy atom. The van der Waals surface area contributed by atoms with Crippen molar-refractivity contribution in [3.8, 4) is 11.3 Å². The van der Waals surface area contributed by atoms with Crippen LogP contribution in [0.25, 0.3) is 11.3 Å². The van der Waals surface area contributed by atoms with Gasteiger partial charge in [-0.1, -0.05) is 11.6 Å². The zero-order chi connectivity index (χ0) is 28.4. The molecular weight excluding hydrogens is 554 g/mol. The molecule has 5 aromatic rings. The number of carbonyl (C=O) groups excluding carboxylic acids is 3. The van der Waals surface area contributed by atoms with Crippen LogP contribution in [0.1, 0.15) is 41.6 Å². The number of primary amides is 1. The molecule has 0 spiro atoms. The van der Waals surface area contributed by atoms with Gasteiger partial charge < -0.3 is 20.0 Å². The maximum Gasteiger partial charge on any atom is 0.280 e. The number of anilines is 1. The number of nitrogens with two attached hydrogens (primary N) is 1. The van der Waals surface area contributed by atoms with Crippen LogP contribution in [-0.4, -0.2) is 31.9 Å². The summed E-state index contributed by atoms with van der Waals surface area (Å²) in [5.41, 5.74) is 6.79. The Bertz CT molecular complexity index is 1780. The second-order valence-corrected chi connectivity index (χ2v) is 10.6. The molecule has 4 heterocycles. The summed E-state index contributed by atoms with van der Waals surface area (Å²) in [6.45, 7) is 1.90. The number of pyridine rings is 1. The van der Waals surface area contributed by atoms with E-state index in [0.717, 1.165) is 9.56 Å². The first kappa shape index (κ1) is 26.9. The van der Waals surface area contributed by atoms with Gasteiger partial charge in [0, 0.05) is 27.8 Å². The maximum absolute atomic E-state index is 13.5. The van der Waals surface area contributed by atoms with Gasteiger partial charge in [-0.3, -0.25) is 19.2 Å². The van der Waals surface area contributed by atoms with E-state index in [1.807, 2.05) is 6.07 Å². The number of furan rings is 1. The third kappa shape index (κ3) is 5.51. The number of aromatic nitrogens is 3. The Morgan fingerprint density at radius 1 is 1.02 bits per heavy atom. The molecule has 10 nitrogen and oxygen atoms in total. The molecule has 0 bridgehead atoms. The molecule has 0 saturated heterocycles. The number of hydrogen-bond donors (Lipinski definition) is 2. The Balaban J connectivity index is 1.53. The van der Waals surface area contributed by atoms with Crippen LogP contribution in [0.3, 0.4) is 0 Å². The molecular formula is C28H22ClN5O5S. The van der Waals surface area contributed by atoms with Crippen LogP contribution in [0.5, 0.6) is 0 Å². The van der Waals surface area contributed by atoms with Crippen molar-refractivity contribution in [2.75, 3.05) is 5.32 Å². The number of nitrogens with one attached hydrogen (secondary N) is 1. The second kappa shape index (κ2) is 11.2. The van der Waals surface area contributed by atoms with Gasteiger partial charge in [0.1, 0.15) is 17.8 Å². The highest BCUT2D eigenvalue weighted by Crippen LogP contribution is 2.25. The Kier molecular flexibility index (Phi) is 7.50.